The summed E-state index contributed by atoms with van der Waals surface area (Å²) in [7, 11) is 5.98. The monoisotopic (exact) mass is 841 g/mol. The molecule has 2 aromatic heterocycles. The number of aromatic hydroxyl groups is 1. The predicted octanol–water partition coefficient (Wildman–Crippen LogP) is 5.14. The van der Waals surface area contributed by atoms with Crippen molar-refractivity contribution in [1.29, 1.82) is 0 Å². The van der Waals surface area contributed by atoms with E-state index in [0.717, 1.165) is 4.57 Å². The maximum atomic E-state index is 15.3. The predicted molar refractivity (Wildman–Crippen MR) is 227 cm³/mol. The Hall–Kier alpha value is -6.93. The normalized spacial score (nSPS) is 20.6. The number of ketones is 2. The molecule has 61 heavy (non-hydrogen) atoms. The summed E-state index contributed by atoms with van der Waals surface area (Å²) in [6.45, 7) is -0.204. The molecule has 1 saturated carbocycles. The molecule has 0 bridgehead atoms. The summed E-state index contributed by atoms with van der Waals surface area (Å²) < 4.78 is 21.6. The third-order valence-corrected chi connectivity index (χ3v) is 12.8. The Morgan fingerprint density at radius 3 is 2.21 bits per heavy atom. The first kappa shape index (κ1) is 39.5. The van der Waals surface area contributed by atoms with Gasteiger partial charge in [-0.05, 0) is 46.9 Å². The summed E-state index contributed by atoms with van der Waals surface area (Å²) in [5, 5.41) is 10.8. The van der Waals surface area contributed by atoms with Gasteiger partial charge in [0.25, 0.3) is 5.56 Å². The molecular weight excluding hydrogens is 802 g/mol. The van der Waals surface area contributed by atoms with Crippen molar-refractivity contribution in [3.8, 4) is 23.0 Å². The number of rotatable bonds is 9. The summed E-state index contributed by atoms with van der Waals surface area (Å²) in [6.07, 6.45) is 3.21. The van der Waals surface area contributed by atoms with Crippen LogP contribution in [0.1, 0.15) is 40.8 Å². The van der Waals surface area contributed by atoms with Gasteiger partial charge in [-0.3, -0.25) is 14.4 Å². The Labute approximate surface area is 353 Å². The van der Waals surface area contributed by atoms with Crippen LogP contribution in [0.3, 0.4) is 0 Å². The zero-order valence-electron chi connectivity index (χ0n) is 33.6. The van der Waals surface area contributed by atoms with Crippen LogP contribution < -0.4 is 31.1 Å². The number of hydrogen-bond acceptors (Lipinski definition) is 10. The van der Waals surface area contributed by atoms with E-state index in [1.54, 1.807) is 55.6 Å². The van der Waals surface area contributed by atoms with E-state index in [2.05, 4.69) is 4.98 Å². The zero-order chi connectivity index (χ0) is 42.9. The van der Waals surface area contributed by atoms with Gasteiger partial charge in [0.05, 0.1) is 55.4 Å². The van der Waals surface area contributed by atoms with E-state index in [-0.39, 0.29) is 65.3 Å². The highest BCUT2D eigenvalue weighted by molar-refractivity contribution is 6.33. The number of fused-ring (bicyclic) bond motifs is 5. The van der Waals surface area contributed by atoms with Crippen molar-refractivity contribution in [2.24, 2.45) is 13.0 Å². The smallest absolute Gasteiger partial charge is 0.347 e. The highest BCUT2D eigenvalue weighted by atomic mass is 35.5. The van der Waals surface area contributed by atoms with Crippen molar-refractivity contribution in [3.63, 3.8) is 0 Å². The minimum atomic E-state index is -1.53. The molecule has 0 saturated heterocycles. The van der Waals surface area contributed by atoms with Crippen molar-refractivity contribution >= 4 is 39.8 Å². The number of carbonyl (C=O) groups excluding carboxylic acids is 2. The lowest BCUT2D eigenvalue weighted by Gasteiger charge is -2.54. The number of methoxy groups -OCH3 is 3. The maximum absolute atomic E-state index is 15.3. The minimum Gasteiger partial charge on any atom is -0.503 e. The SMILES string of the molecule is COc1cc2nc(CCn3c(=O)n4n(c3=O)[C@@H]3C[C@H]5C(=O)C(c6ccccc6)=CC(=O)[C@@]5(c5ccccc5)[C@@H](c5cc(Cl)c(O)c(OC)c5)C3=CC4)c(=O)n(C)c2cc1OC. The third-order valence-electron chi connectivity index (χ3n) is 12.5. The molecule has 1 N–H and O–H groups in total. The maximum Gasteiger partial charge on any atom is 0.347 e. The second-order valence-electron chi connectivity index (χ2n) is 15.4. The molecule has 9 rings (SSSR count). The average Bonchev–Trinajstić information content (AvgIpc) is 3.53. The van der Waals surface area contributed by atoms with Crippen molar-refractivity contribution in [1.82, 2.24) is 23.5 Å². The van der Waals surface area contributed by atoms with E-state index < -0.39 is 40.2 Å². The molecule has 3 heterocycles. The number of ether oxygens (including phenoxy) is 3. The van der Waals surface area contributed by atoms with E-state index in [9.17, 15) is 19.5 Å². The standard InChI is InChI=1S/C46H40ClN5O9/c1-49-35-24-37(60-3)36(59-2)23-33(35)48-32(43(49)56)16-17-50-44(57)51-18-15-28-34(52(51)45(50)58)22-30-41(54)29(25-11-7-5-8-12-25)21-39(53)46(30,27-13-9-6-10-14-27)40(28)26-19-31(47)42(55)38(20-26)61-4/h5-15,19-21,23-24,30,34,40,55H,16-18,22H2,1-4H3/t30-,34+,40-,46-/m0/s1. The molecule has 0 radical (unpaired) electrons. The molecule has 6 aromatic rings. The number of nitrogens with zero attached hydrogens (tertiary/aromatic N) is 5. The van der Waals surface area contributed by atoms with Gasteiger partial charge >= 0.3 is 11.4 Å². The van der Waals surface area contributed by atoms with Gasteiger partial charge in [-0.15, -0.1) is 0 Å². The Kier molecular flexibility index (Phi) is 9.69. The van der Waals surface area contributed by atoms with Gasteiger partial charge in [0, 0.05) is 49.6 Å². The summed E-state index contributed by atoms with van der Waals surface area (Å²) in [4.78, 5) is 77.6. The van der Waals surface area contributed by atoms with Crippen LogP contribution in [0.15, 0.2) is 117 Å². The molecular formula is C46H40ClN5O9. The minimum absolute atomic E-state index is 0.00362. The average molecular weight is 842 g/mol. The van der Waals surface area contributed by atoms with E-state index in [1.165, 1.54) is 41.3 Å². The van der Waals surface area contributed by atoms with Crippen LogP contribution >= 0.6 is 11.6 Å². The molecule has 0 unspecified atom stereocenters. The van der Waals surface area contributed by atoms with Gasteiger partial charge < -0.3 is 23.9 Å². The van der Waals surface area contributed by atoms with Crippen molar-refractivity contribution < 1.29 is 28.9 Å². The Morgan fingerprint density at radius 1 is 0.852 bits per heavy atom. The zero-order valence-corrected chi connectivity index (χ0v) is 34.4. The van der Waals surface area contributed by atoms with Crippen LogP contribution in [0.25, 0.3) is 16.6 Å². The van der Waals surface area contributed by atoms with Crippen LogP contribution in [-0.4, -0.2) is 61.5 Å². The molecule has 4 aromatic carbocycles. The van der Waals surface area contributed by atoms with Gasteiger partial charge in [-0.1, -0.05) is 78.3 Å². The van der Waals surface area contributed by atoms with Crippen LogP contribution in [0.4, 0.5) is 0 Å². The lowest BCUT2D eigenvalue weighted by Crippen LogP contribution is -2.58. The van der Waals surface area contributed by atoms with Gasteiger partial charge in [0.15, 0.2) is 34.6 Å². The Balaban J connectivity index is 1.21. The molecule has 1 aliphatic heterocycles. The number of carbonyl (C=O) groups is 2. The third kappa shape index (κ3) is 5.91. The Bertz CT molecular complexity index is 3060. The fourth-order valence-electron chi connectivity index (χ4n) is 9.76. The van der Waals surface area contributed by atoms with Crippen LogP contribution in [-0.2, 0) is 41.6 Å². The first-order valence-corrected chi connectivity index (χ1v) is 20.0. The highest BCUT2D eigenvalue weighted by Crippen LogP contribution is 2.62. The number of aromatic nitrogens is 5. The fraction of sp³-hybridized carbons (Fsp3) is 0.261. The van der Waals surface area contributed by atoms with Gasteiger partial charge in [0.2, 0.25) is 0 Å². The molecule has 2 aliphatic carbocycles. The van der Waals surface area contributed by atoms with Gasteiger partial charge in [-0.25, -0.2) is 28.5 Å². The molecule has 15 heteroatoms. The van der Waals surface area contributed by atoms with Crippen molar-refractivity contribution in [3.05, 3.63) is 161 Å². The quantitative estimate of drug-likeness (QED) is 0.193. The fourth-order valence-corrected chi connectivity index (χ4v) is 9.98. The number of hydrogen-bond donors (Lipinski definition) is 1. The van der Waals surface area contributed by atoms with Gasteiger partial charge in [0.1, 0.15) is 5.69 Å². The molecule has 1 fully saturated rings. The first-order valence-electron chi connectivity index (χ1n) is 19.7. The lowest BCUT2D eigenvalue weighted by molar-refractivity contribution is -0.133. The van der Waals surface area contributed by atoms with Crippen LogP contribution in [0.5, 0.6) is 23.0 Å². The number of phenols is 1. The van der Waals surface area contributed by atoms with Gasteiger partial charge in [-0.2, -0.15) is 0 Å². The van der Waals surface area contributed by atoms with Crippen molar-refractivity contribution in [2.45, 2.75) is 43.3 Å². The summed E-state index contributed by atoms with van der Waals surface area (Å²) in [6, 6.07) is 23.7. The second kappa shape index (κ2) is 15.0. The first-order chi connectivity index (χ1) is 29.4. The number of phenolic OH excluding ortho intramolecular Hbond substituents is 1. The topological polar surface area (TPSA) is 166 Å². The van der Waals surface area contributed by atoms with E-state index in [0.29, 0.717) is 44.8 Å². The number of aryl methyl sites for hydroxylation is 2. The Morgan fingerprint density at radius 2 is 1.52 bits per heavy atom. The molecule has 3 aliphatic rings. The molecule has 0 spiro atoms. The summed E-state index contributed by atoms with van der Waals surface area (Å²) in [5.74, 6) is -1.96. The summed E-state index contributed by atoms with van der Waals surface area (Å²) in [5.41, 5.74) is 0.405. The van der Waals surface area contributed by atoms with E-state index >= 15 is 9.59 Å². The van der Waals surface area contributed by atoms with Crippen LogP contribution in [0.2, 0.25) is 5.02 Å². The number of allylic oxidation sites excluding steroid dienone is 4. The number of Topliss-reactive ketones (excluding diaryl/α,β-unsaturated/α-hetero) is 1. The molecule has 0 amide bonds. The molecule has 4 atom stereocenters. The van der Waals surface area contributed by atoms with Crippen LogP contribution in [0, 0.1) is 5.92 Å². The number of benzene rings is 4. The largest absolute Gasteiger partial charge is 0.503 e. The molecule has 310 valence electrons. The van der Waals surface area contributed by atoms with Crippen molar-refractivity contribution in [2.75, 3.05) is 21.3 Å². The van der Waals surface area contributed by atoms with E-state index in [4.69, 9.17) is 25.8 Å². The summed E-state index contributed by atoms with van der Waals surface area (Å²) >= 11 is 6.67. The number of halogens is 1. The molecule has 14 nitrogen and oxygen atoms in total. The second-order valence-corrected chi connectivity index (χ2v) is 15.8. The van der Waals surface area contributed by atoms with E-state index in [1.807, 2.05) is 42.5 Å². The lowest BCUT2D eigenvalue weighted by atomic mass is 9.47. The highest BCUT2D eigenvalue weighted by Gasteiger charge is 2.63.